The number of phenols is 1. The Labute approximate surface area is 72.1 Å². The molecule has 1 heterocycles. The molecule has 2 nitrogen and oxygen atoms in total. The zero-order valence-electron chi connectivity index (χ0n) is 6.04. The van der Waals surface area contributed by atoms with Gasteiger partial charge in [0.15, 0.2) is 5.75 Å². The standard InChI is InChI=1S/C8H6FNOS/c9-5-3-12-8-4(5)1-2-6(10)7(8)11/h1-3,11H,10H2. The summed E-state index contributed by atoms with van der Waals surface area (Å²) in [6.45, 7) is 0. The van der Waals surface area contributed by atoms with Crippen LogP contribution in [0.1, 0.15) is 0 Å². The Morgan fingerprint density at radius 3 is 2.92 bits per heavy atom. The van der Waals surface area contributed by atoms with E-state index < -0.39 is 0 Å². The number of benzene rings is 1. The maximum atomic E-state index is 12.9. The highest BCUT2D eigenvalue weighted by Gasteiger charge is 2.08. The predicted octanol–water partition coefficient (Wildman–Crippen LogP) is 2.33. The molecule has 12 heavy (non-hydrogen) atoms. The van der Waals surface area contributed by atoms with Crippen molar-refractivity contribution in [3.63, 3.8) is 0 Å². The molecule has 0 aliphatic carbocycles. The average molecular weight is 183 g/mol. The molecule has 62 valence electrons. The highest BCUT2D eigenvalue weighted by Crippen LogP contribution is 2.36. The van der Waals surface area contributed by atoms with Crippen molar-refractivity contribution in [1.82, 2.24) is 0 Å². The number of hydrogen-bond acceptors (Lipinski definition) is 3. The number of aromatic hydroxyl groups is 1. The Morgan fingerprint density at radius 2 is 2.17 bits per heavy atom. The molecule has 0 bridgehead atoms. The molecule has 0 saturated carbocycles. The topological polar surface area (TPSA) is 46.2 Å². The number of fused-ring (bicyclic) bond motifs is 1. The number of halogens is 1. The minimum absolute atomic E-state index is 0.0265. The van der Waals surface area contributed by atoms with E-state index in [0.29, 0.717) is 10.1 Å². The van der Waals surface area contributed by atoms with Crippen molar-refractivity contribution in [2.24, 2.45) is 0 Å². The second-order valence-corrected chi connectivity index (χ2v) is 3.34. The third-order valence-electron chi connectivity index (χ3n) is 1.70. The van der Waals surface area contributed by atoms with E-state index >= 15 is 0 Å². The molecule has 2 rings (SSSR count). The fourth-order valence-corrected chi connectivity index (χ4v) is 1.94. The highest BCUT2D eigenvalue weighted by atomic mass is 32.1. The van der Waals surface area contributed by atoms with Gasteiger partial charge in [0.1, 0.15) is 5.82 Å². The number of phenolic OH excluding ortho intramolecular Hbond substituents is 1. The normalized spacial score (nSPS) is 10.8. The van der Waals surface area contributed by atoms with Crippen LogP contribution >= 0.6 is 11.3 Å². The molecule has 1 aromatic carbocycles. The molecule has 0 spiro atoms. The van der Waals surface area contributed by atoms with Crippen LogP contribution in [0.5, 0.6) is 5.75 Å². The molecule has 0 fully saturated rings. The summed E-state index contributed by atoms with van der Waals surface area (Å²) in [4.78, 5) is 0. The lowest BCUT2D eigenvalue weighted by Gasteiger charge is -1.98. The molecule has 0 saturated heterocycles. The second kappa shape index (κ2) is 2.35. The molecule has 3 N–H and O–H groups in total. The van der Waals surface area contributed by atoms with Gasteiger partial charge in [0, 0.05) is 10.8 Å². The first-order chi connectivity index (χ1) is 5.70. The van der Waals surface area contributed by atoms with Crippen molar-refractivity contribution >= 4 is 27.1 Å². The third-order valence-corrected chi connectivity index (χ3v) is 2.67. The van der Waals surface area contributed by atoms with Gasteiger partial charge in [0.2, 0.25) is 0 Å². The predicted molar refractivity (Wildman–Crippen MR) is 47.9 cm³/mol. The Morgan fingerprint density at radius 1 is 1.42 bits per heavy atom. The Hall–Kier alpha value is -1.29. The van der Waals surface area contributed by atoms with Crippen molar-refractivity contribution in [1.29, 1.82) is 0 Å². The van der Waals surface area contributed by atoms with Crippen molar-refractivity contribution in [2.75, 3.05) is 5.73 Å². The third kappa shape index (κ3) is 0.848. The minimum Gasteiger partial charge on any atom is -0.504 e. The van der Waals surface area contributed by atoms with E-state index in [0.717, 1.165) is 11.3 Å². The van der Waals surface area contributed by atoms with Gasteiger partial charge in [-0.1, -0.05) is 0 Å². The van der Waals surface area contributed by atoms with Gasteiger partial charge in [-0.05, 0) is 12.1 Å². The summed E-state index contributed by atoms with van der Waals surface area (Å²) in [5.41, 5.74) is 5.71. The van der Waals surface area contributed by atoms with Gasteiger partial charge < -0.3 is 10.8 Å². The van der Waals surface area contributed by atoms with E-state index in [-0.39, 0.29) is 17.3 Å². The van der Waals surface area contributed by atoms with Gasteiger partial charge in [-0.15, -0.1) is 11.3 Å². The summed E-state index contributed by atoms with van der Waals surface area (Å²) in [7, 11) is 0. The first-order valence-corrected chi connectivity index (χ1v) is 4.22. The number of thiophene rings is 1. The zero-order chi connectivity index (χ0) is 8.72. The van der Waals surface area contributed by atoms with Gasteiger partial charge in [0.25, 0.3) is 0 Å². The fraction of sp³-hybridized carbons (Fsp3) is 0. The van der Waals surface area contributed by atoms with Crippen LogP contribution in [0.2, 0.25) is 0 Å². The maximum Gasteiger partial charge on any atom is 0.156 e. The molecule has 0 atom stereocenters. The van der Waals surface area contributed by atoms with Crippen LogP contribution in [0.15, 0.2) is 17.5 Å². The number of anilines is 1. The molecule has 2 aromatic rings. The number of rotatable bonds is 0. The Kier molecular flexibility index (Phi) is 1.44. The van der Waals surface area contributed by atoms with Crippen molar-refractivity contribution in [2.45, 2.75) is 0 Å². The van der Waals surface area contributed by atoms with Crippen molar-refractivity contribution in [3.05, 3.63) is 23.3 Å². The summed E-state index contributed by atoms with van der Waals surface area (Å²) < 4.78 is 13.4. The molecule has 1 aromatic heterocycles. The van der Waals surface area contributed by atoms with Crippen LogP contribution < -0.4 is 5.73 Å². The van der Waals surface area contributed by atoms with Gasteiger partial charge in [-0.3, -0.25) is 0 Å². The van der Waals surface area contributed by atoms with Crippen LogP contribution in [0.25, 0.3) is 10.1 Å². The summed E-state index contributed by atoms with van der Waals surface area (Å²) in [6, 6.07) is 3.06. The van der Waals surface area contributed by atoms with Gasteiger partial charge in [-0.25, -0.2) is 4.39 Å². The summed E-state index contributed by atoms with van der Waals surface area (Å²) >= 11 is 1.15. The summed E-state index contributed by atoms with van der Waals surface area (Å²) in [5, 5.41) is 11.2. The monoisotopic (exact) mass is 183 g/mol. The van der Waals surface area contributed by atoms with Gasteiger partial charge in [-0.2, -0.15) is 0 Å². The van der Waals surface area contributed by atoms with Gasteiger partial charge >= 0.3 is 0 Å². The smallest absolute Gasteiger partial charge is 0.156 e. The van der Waals surface area contributed by atoms with Crippen molar-refractivity contribution in [3.8, 4) is 5.75 Å². The molecule has 0 radical (unpaired) electrons. The number of hydrogen-bond donors (Lipinski definition) is 2. The first kappa shape index (κ1) is 7.36. The largest absolute Gasteiger partial charge is 0.504 e. The molecule has 4 heteroatoms. The van der Waals surface area contributed by atoms with E-state index in [2.05, 4.69) is 0 Å². The van der Waals surface area contributed by atoms with E-state index in [1.165, 1.54) is 11.4 Å². The van der Waals surface area contributed by atoms with Crippen LogP contribution in [0.4, 0.5) is 10.1 Å². The second-order valence-electron chi connectivity index (χ2n) is 2.46. The van der Waals surface area contributed by atoms with E-state index in [1.807, 2.05) is 0 Å². The SMILES string of the molecule is Nc1ccc2c(F)csc2c1O. The molecule has 0 unspecified atom stereocenters. The lowest BCUT2D eigenvalue weighted by Crippen LogP contribution is -1.84. The van der Waals surface area contributed by atoms with E-state index in [1.54, 1.807) is 6.07 Å². The van der Waals surface area contributed by atoms with Crippen LogP contribution in [-0.2, 0) is 0 Å². The van der Waals surface area contributed by atoms with Crippen LogP contribution in [-0.4, -0.2) is 5.11 Å². The summed E-state index contributed by atoms with van der Waals surface area (Å²) in [6.07, 6.45) is 0. The quantitative estimate of drug-likeness (QED) is 0.486. The minimum atomic E-state index is -0.315. The molecule has 0 aliphatic rings. The summed E-state index contributed by atoms with van der Waals surface area (Å²) in [5.74, 6) is -0.341. The van der Waals surface area contributed by atoms with Gasteiger partial charge in [0.05, 0.1) is 10.4 Å². The zero-order valence-corrected chi connectivity index (χ0v) is 6.86. The molecule has 0 amide bonds. The molecule has 0 aliphatic heterocycles. The Balaban J connectivity index is 2.93. The lowest BCUT2D eigenvalue weighted by molar-refractivity contribution is 0.485. The molecular weight excluding hydrogens is 177 g/mol. The Bertz CT molecular complexity index is 438. The first-order valence-electron chi connectivity index (χ1n) is 3.34. The fourth-order valence-electron chi connectivity index (χ4n) is 1.07. The lowest BCUT2D eigenvalue weighted by atomic mass is 10.2. The average Bonchev–Trinajstić information content (AvgIpc) is 2.41. The van der Waals surface area contributed by atoms with E-state index in [4.69, 9.17) is 5.73 Å². The highest BCUT2D eigenvalue weighted by molar-refractivity contribution is 7.17. The number of nitrogens with two attached hydrogens (primary N) is 1. The van der Waals surface area contributed by atoms with Crippen LogP contribution in [0, 0.1) is 5.82 Å². The maximum absolute atomic E-state index is 12.9. The van der Waals surface area contributed by atoms with Crippen LogP contribution in [0.3, 0.4) is 0 Å². The molecular formula is C8H6FNOS. The van der Waals surface area contributed by atoms with Crippen molar-refractivity contribution < 1.29 is 9.50 Å². The van der Waals surface area contributed by atoms with E-state index in [9.17, 15) is 9.50 Å². The number of nitrogen functional groups attached to an aromatic ring is 1.